The summed E-state index contributed by atoms with van der Waals surface area (Å²) >= 11 is 0. The highest BCUT2D eigenvalue weighted by molar-refractivity contribution is 5.94. The molecule has 1 aliphatic heterocycles. The maximum Gasteiger partial charge on any atom is 0.276 e. The molecule has 0 spiro atoms. The molecule has 1 aliphatic rings. The fraction of sp³-hybridized carbons (Fsp3) is 0.346. The highest BCUT2D eigenvalue weighted by Gasteiger charge is 2.18. The first-order valence-electron chi connectivity index (χ1n) is 11.7. The number of carbonyl (C=O) groups is 1. The van der Waals surface area contributed by atoms with E-state index in [1.54, 1.807) is 10.8 Å². The Labute approximate surface area is 192 Å². The molecule has 1 saturated heterocycles. The molecule has 33 heavy (non-hydrogen) atoms. The molecule has 0 unspecified atom stereocenters. The van der Waals surface area contributed by atoms with Gasteiger partial charge in [0.2, 0.25) is 0 Å². The van der Waals surface area contributed by atoms with Gasteiger partial charge >= 0.3 is 0 Å². The van der Waals surface area contributed by atoms with Crippen LogP contribution >= 0.6 is 0 Å². The average Bonchev–Trinajstić information content (AvgIpc) is 3.34. The van der Waals surface area contributed by atoms with Gasteiger partial charge in [-0.15, -0.1) is 0 Å². The largest absolute Gasteiger partial charge is 0.351 e. The van der Waals surface area contributed by atoms with Gasteiger partial charge in [0.1, 0.15) is 5.52 Å². The minimum atomic E-state index is -0.0834. The van der Waals surface area contributed by atoms with Gasteiger partial charge in [-0.05, 0) is 68.3 Å². The van der Waals surface area contributed by atoms with Gasteiger partial charge in [0.25, 0.3) is 11.5 Å². The SMILES string of the molecule is C[C@H]1CCCCN1CCNC(=O)c1ccc(Cn2c(=O)c3cccn3c3cccnc32)cc1. The van der Waals surface area contributed by atoms with Crippen molar-refractivity contribution in [3.63, 3.8) is 0 Å². The van der Waals surface area contributed by atoms with Crippen LogP contribution < -0.4 is 10.9 Å². The predicted molar refractivity (Wildman–Crippen MR) is 130 cm³/mol. The van der Waals surface area contributed by atoms with E-state index in [2.05, 4.69) is 22.1 Å². The number of hydrogen-bond acceptors (Lipinski definition) is 4. The highest BCUT2D eigenvalue weighted by atomic mass is 16.1. The topological polar surface area (TPSA) is 71.6 Å². The van der Waals surface area contributed by atoms with E-state index in [0.29, 0.717) is 35.9 Å². The van der Waals surface area contributed by atoms with E-state index in [1.165, 1.54) is 19.3 Å². The molecule has 1 atom stereocenters. The number of fused-ring (bicyclic) bond motifs is 3. The van der Waals surface area contributed by atoms with Gasteiger partial charge in [0.05, 0.1) is 12.1 Å². The van der Waals surface area contributed by atoms with Crippen LogP contribution in [0.25, 0.3) is 16.7 Å². The normalized spacial score (nSPS) is 16.9. The third-order valence-electron chi connectivity index (χ3n) is 6.68. The molecule has 7 heteroatoms. The lowest BCUT2D eigenvalue weighted by Gasteiger charge is -2.33. The van der Waals surface area contributed by atoms with Crippen LogP contribution in [0.2, 0.25) is 0 Å². The number of nitrogens with zero attached hydrogens (tertiary/aromatic N) is 4. The number of likely N-dealkylation sites (tertiary alicyclic amines) is 1. The predicted octanol–water partition coefficient (Wildman–Crippen LogP) is 3.30. The fourth-order valence-electron chi connectivity index (χ4n) is 4.78. The minimum absolute atomic E-state index is 0.0647. The Hall–Kier alpha value is -3.45. The zero-order valence-electron chi connectivity index (χ0n) is 18.9. The van der Waals surface area contributed by atoms with Gasteiger partial charge in [0.15, 0.2) is 5.65 Å². The zero-order valence-corrected chi connectivity index (χ0v) is 18.9. The molecule has 170 valence electrons. The Bertz CT molecular complexity index is 1340. The van der Waals surface area contributed by atoms with Crippen LogP contribution in [-0.4, -0.2) is 50.4 Å². The quantitative estimate of drug-likeness (QED) is 0.496. The maximum absolute atomic E-state index is 13.1. The van der Waals surface area contributed by atoms with E-state index in [4.69, 9.17) is 0 Å². The third-order valence-corrected chi connectivity index (χ3v) is 6.68. The summed E-state index contributed by atoms with van der Waals surface area (Å²) in [6.07, 6.45) is 7.36. The Morgan fingerprint density at radius 3 is 2.73 bits per heavy atom. The average molecular weight is 444 g/mol. The number of aromatic nitrogens is 3. The van der Waals surface area contributed by atoms with Crippen LogP contribution in [0.5, 0.6) is 0 Å². The van der Waals surface area contributed by atoms with Crippen LogP contribution in [0.4, 0.5) is 0 Å². The molecule has 0 bridgehead atoms. The number of hydrogen-bond donors (Lipinski definition) is 1. The summed E-state index contributed by atoms with van der Waals surface area (Å²) < 4.78 is 3.57. The van der Waals surface area contributed by atoms with E-state index in [1.807, 2.05) is 59.1 Å². The molecule has 1 aromatic carbocycles. The number of pyridine rings is 1. The first kappa shape index (κ1) is 21.4. The van der Waals surface area contributed by atoms with E-state index in [9.17, 15) is 9.59 Å². The summed E-state index contributed by atoms with van der Waals surface area (Å²) in [6, 6.07) is 15.6. The lowest BCUT2D eigenvalue weighted by Crippen LogP contribution is -2.42. The van der Waals surface area contributed by atoms with Gasteiger partial charge < -0.3 is 9.72 Å². The molecule has 5 rings (SSSR count). The van der Waals surface area contributed by atoms with Crippen molar-refractivity contribution in [2.45, 2.75) is 38.8 Å². The number of rotatable bonds is 6. The molecule has 4 heterocycles. The summed E-state index contributed by atoms with van der Waals surface area (Å²) in [6.45, 7) is 5.30. The summed E-state index contributed by atoms with van der Waals surface area (Å²) in [5, 5.41) is 3.04. The molecule has 0 radical (unpaired) electrons. The maximum atomic E-state index is 13.1. The lowest BCUT2D eigenvalue weighted by molar-refractivity contribution is 0.0938. The molecule has 1 N–H and O–H groups in total. The van der Waals surface area contributed by atoms with Crippen LogP contribution in [0.3, 0.4) is 0 Å². The van der Waals surface area contributed by atoms with Crippen molar-refractivity contribution in [3.8, 4) is 0 Å². The van der Waals surface area contributed by atoms with E-state index < -0.39 is 0 Å². The van der Waals surface area contributed by atoms with Crippen molar-refractivity contribution in [1.82, 2.24) is 24.2 Å². The van der Waals surface area contributed by atoms with Crippen molar-refractivity contribution >= 4 is 22.6 Å². The standard InChI is InChI=1S/C26H29N5O2/c1-19-6-2-3-15-29(19)17-14-28-25(32)21-11-9-20(10-12-21)18-31-24-22(7-4-13-27-24)30-16-5-8-23(30)26(31)33/h4-5,7-13,16,19H,2-3,6,14-15,17-18H2,1H3,(H,28,32)/t19-/m0/s1. The third kappa shape index (κ3) is 4.28. The lowest BCUT2D eigenvalue weighted by atomic mass is 10.0. The monoisotopic (exact) mass is 443 g/mol. The van der Waals surface area contributed by atoms with Crippen molar-refractivity contribution < 1.29 is 4.79 Å². The number of amides is 1. The molecular weight excluding hydrogens is 414 g/mol. The summed E-state index contributed by atoms with van der Waals surface area (Å²) in [7, 11) is 0. The van der Waals surface area contributed by atoms with Crippen LogP contribution in [0.1, 0.15) is 42.1 Å². The molecular formula is C26H29N5O2. The highest BCUT2D eigenvalue weighted by Crippen LogP contribution is 2.16. The Balaban J connectivity index is 1.29. The summed E-state index contributed by atoms with van der Waals surface area (Å²) in [4.78, 5) is 32.6. The van der Waals surface area contributed by atoms with E-state index >= 15 is 0 Å². The smallest absolute Gasteiger partial charge is 0.276 e. The molecule has 1 amide bonds. The van der Waals surface area contributed by atoms with E-state index in [0.717, 1.165) is 24.2 Å². The summed E-state index contributed by atoms with van der Waals surface area (Å²) in [5.41, 5.74) is 3.63. The van der Waals surface area contributed by atoms with Gasteiger partial charge in [-0.25, -0.2) is 4.98 Å². The van der Waals surface area contributed by atoms with Crippen molar-refractivity contribution in [2.75, 3.05) is 19.6 Å². The Kier molecular flexibility index (Phi) is 5.96. The minimum Gasteiger partial charge on any atom is -0.351 e. The number of benzene rings is 1. The summed E-state index contributed by atoms with van der Waals surface area (Å²) in [5.74, 6) is -0.0647. The van der Waals surface area contributed by atoms with Crippen LogP contribution in [0.15, 0.2) is 65.7 Å². The van der Waals surface area contributed by atoms with Crippen LogP contribution in [-0.2, 0) is 6.54 Å². The van der Waals surface area contributed by atoms with Crippen molar-refractivity contribution in [1.29, 1.82) is 0 Å². The molecule has 0 aliphatic carbocycles. The second-order valence-electron chi connectivity index (χ2n) is 8.83. The van der Waals surface area contributed by atoms with Gasteiger partial charge in [-0.1, -0.05) is 18.6 Å². The van der Waals surface area contributed by atoms with Gasteiger partial charge in [0, 0.05) is 37.1 Å². The van der Waals surface area contributed by atoms with Crippen LogP contribution in [0, 0.1) is 0 Å². The molecule has 1 fully saturated rings. The molecule has 3 aromatic heterocycles. The number of carbonyl (C=O) groups excluding carboxylic acids is 1. The number of nitrogens with one attached hydrogen (secondary N) is 1. The Morgan fingerprint density at radius 2 is 1.91 bits per heavy atom. The number of piperidine rings is 1. The fourth-order valence-corrected chi connectivity index (χ4v) is 4.78. The first-order chi connectivity index (χ1) is 16.1. The second kappa shape index (κ2) is 9.19. The van der Waals surface area contributed by atoms with E-state index in [-0.39, 0.29) is 11.5 Å². The van der Waals surface area contributed by atoms with Gasteiger partial charge in [-0.3, -0.25) is 19.1 Å². The Morgan fingerprint density at radius 1 is 1.09 bits per heavy atom. The first-order valence-corrected chi connectivity index (χ1v) is 11.7. The van der Waals surface area contributed by atoms with Gasteiger partial charge in [-0.2, -0.15) is 0 Å². The van der Waals surface area contributed by atoms with Crippen molar-refractivity contribution in [3.05, 3.63) is 82.4 Å². The molecule has 7 nitrogen and oxygen atoms in total. The van der Waals surface area contributed by atoms with Crippen molar-refractivity contribution in [2.24, 2.45) is 0 Å². The second-order valence-corrected chi connectivity index (χ2v) is 8.83. The molecule has 4 aromatic rings. The zero-order chi connectivity index (χ0) is 22.8. The molecule has 0 saturated carbocycles.